The number of carbonyl (C=O) groups is 2. The number of fused-ring (bicyclic) bond motifs is 1. The summed E-state index contributed by atoms with van der Waals surface area (Å²) in [6.07, 6.45) is 3.68. The number of H-pyrrole nitrogens is 1. The van der Waals surface area contributed by atoms with Crippen molar-refractivity contribution in [2.45, 2.75) is 39.0 Å². The number of carbonyl (C=O) groups excluding carboxylic acids is 2. The Bertz CT molecular complexity index is 1370. The molecule has 37 heavy (non-hydrogen) atoms. The van der Waals surface area contributed by atoms with E-state index in [9.17, 15) is 27.6 Å². The summed E-state index contributed by atoms with van der Waals surface area (Å²) in [6, 6.07) is 7.38. The monoisotopic (exact) mass is 512 g/mol. The van der Waals surface area contributed by atoms with E-state index in [-0.39, 0.29) is 30.8 Å². The first-order chi connectivity index (χ1) is 17.8. The van der Waals surface area contributed by atoms with Gasteiger partial charge in [0, 0.05) is 31.6 Å². The molecule has 7 nitrogen and oxygen atoms in total. The number of nitrogens with one attached hydrogen (secondary N) is 2. The van der Waals surface area contributed by atoms with Gasteiger partial charge in [-0.3, -0.25) is 14.4 Å². The zero-order chi connectivity index (χ0) is 26.5. The van der Waals surface area contributed by atoms with Gasteiger partial charge in [-0.05, 0) is 68.0 Å². The number of nitrogens with zero attached hydrogens (tertiary/aromatic N) is 2. The highest BCUT2D eigenvalue weighted by atomic mass is 19.1. The van der Waals surface area contributed by atoms with Gasteiger partial charge in [0.25, 0.3) is 17.4 Å². The van der Waals surface area contributed by atoms with E-state index in [1.165, 1.54) is 17.0 Å². The van der Waals surface area contributed by atoms with Crippen molar-refractivity contribution in [3.63, 3.8) is 0 Å². The van der Waals surface area contributed by atoms with Gasteiger partial charge in [0.15, 0.2) is 0 Å². The average Bonchev–Trinajstić information content (AvgIpc) is 2.89. The lowest BCUT2D eigenvalue weighted by molar-refractivity contribution is 0.0752. The zero-order valence-electron chi connectivity index (χ0n) is 20.4. The minimum atomic E-state index is -0.988. The molecule has 3 aromatic rings. The van der Waals surface area contributed by atoms with Crippen LogP contribution in [0.2, 0.25) is 0 Å². The van der Waals surface area contributed by atoms with Crippen LogP contribution in [0.25, 0.3) is 0 Å². The summed E-state index contributed by atoms with van der Waals surface area (Å²) >= 11 is 0. The number of likely N-dealkylation sites (N-methyl/N-ethyl adjacent to an activating group) is 1. The Hall–Kier alpha value is -3.95. The Labute approximate surface area is 211 Å². The first-order valence-corrected chi connectivity index (χ1v) is 12.2. The number of aromatic nitrogens is 2. The third-order valence-corrected chi connectivity index (χ3v) is 6.54. The lowest BCUT2D eigenvalue weighted by atomic mass is 9.90. The smallest absolute Gasteiger partial charge is 0.267 e. The predicted octanol–water partition coefficient (Wildman–Crippen LogP) is 3.55. The Kier molecular flexibility index (Phi) is 8.05. The molecule has 0 aliphatic heterocycles. The van der Waals surface area contributed by atoms with Crippen molar-refractivity contribution in [3.05, 3.63) is 97.7 Å². The summed E-state index contributed by atoms with van der Waals surface area (Å²) < 4.78 is 42.3. The second-order valence-electron chi connectivity index (χ2n) is 8.89. The summed E-state index contributed by atoms with van der Waals surface area (Å²) in [6.45, 7) is 1.85. The molecule has 0 unspecified atom stereocenters. The van der Waals surface area contributed by atoms with Gasteiger partial charge in [-0.15, -0.1) is 0 Å². The molecule has 1 aliphatic carbocycles. The van der Waals surface area contributed by atoms with E-state index in [1.54, 1.807) is 13.0 Å². The fraction of sp³-hybridized carbons (Fsp3) is 0.333. The van der Waals surface area contributed by atoms with Crippen LogP contribution in [0.15, 0.2) is 41.2 Å². The molecule has 1 aromatic heterocycles. The molecular weight excluding hydrogens is 485 g/mol. The number of aromatic amines is 1. The van der Waals surface area contributed by atoms with E-state index in [4.69, 9.17) is 0 Å². The molecule has 1 heterocycles. The van der Waals surface area contributed by atoms with Crippen LogP contribution in [-0.4, -0.2) is 46.5 Å². The SMILES string of the molecule is CCN(CCNC(=O)c1c(F)cccc1F)C(=O)c1cc(Cc2n[nH]c(=O)c3c2CCCC3)ccc1F. The highest BCUT2D eigenvalue weighted by molar-refractivity contribution is 5.95. The molecule has 10 heteroatoms. The predicted molar refractivity (Wildman–Crippen MR) is 131 cm³/mol. The van der Waals surface area contributed by atoms with Crippen molar-refractivity contribution in [2.75, 3.05) is 19.6 Å². The van der Waals surface area contributed by atoms with Crippen molar-refractivity contribution < 1.29 is 22.8 Å². The highest BCUT2D eigenvalue weighted by Crippen LogP contribution is 2.23. The molecule has 0 fully saturated rings. The van der Waals surface area contributed by atoms with E-state index in [1.807, 2.05) is 0 Å². The van der Waals surface area contributed by atoms with Crippen LogP contribution in [0.5, 0.6) is 0 Å². The molecule has 0 bridgehead atoms. The van der Waals surface area contributed by atoms with Crippen molar-refractivity contribution in [1.29, 1.82) is 0 Å². The van der Waals surface area contributed by atoms with E-state index >= 15 is 0 Å². The molecule has 2 aromatic carbocycles. The molecule has 4 rings (SSSR count). The Morgan fingerprint density at radius 2 is 1.73 bits per heavy atom. The quantitative estimate of drug-likeness (QED) is 0.483. The second kappa shape index (κ2) is 11.4. The minimum absolute atomic E-state index is 0.00972. The molecule has 0 saturated heterocycles. The van der Waals surface area contributed by atoms with Gasteiger partial charge in [-0.1, -0.05) is 12.1 Å². The van der Waals surface area contributed by atoms with E-state index in [0.717, 1.165) is 48.6 Å². The van der Waals surface area contributed by atoms with E-state index in [0.29, 0.717) is 24.1 Å². The maximum Gasteiger partial charge on any atom is 0.267 e. The summed E-state index contributed by atoms with van der Waals surface area (Å²) in [5.74, 6) is -4.19. The van der Waals surface area contributed by atoms with Gasteiger partial charge in [0.2, 0.25) is 0 Å². The van der Waals surface area contributed by atoms with Crippen LogP contribution in [0.3, 0.4) is 0 Å². The fourth-order valence-corrected chi connectivity index (χ4v) is 4.59. The van der Waals surface area contributed by atoms with Crippen LogP contribution in [-0.2, 0) is 19.3 Å². The molecule has 1 aliphatic rings. The second-order valence-corrected chi connectivity index (χ2v) is 8.89. The molecule has 194 valence electrons. The van der Waals surface area contributed by atoms with Gasteiger partial charge < -0.3 is 10.2 Å². The average molecular weight is 513 g/mol. The summed E-state index contributed by atoms with van der Waals surface area (Å²) in [4.78, 5) is 38.8. The van der Waals surface area contributed by atoms with E-state index < -0.39 is 34.8 Å². The fourth-order valence-electron chi connectivity index (χ4n) is 4.59. The first-order valence-electron chi connectivity index (χ1n) is 12.2. The zero-order valence-corrected chi connectivity index (χ0v) is 20.4. The summed E-state index contributed by atoms with van der Waals surface area (Å²) in [7, 11) is 0. The van der Waals surface area contributed by atoms with Crippen LogP contribution in [0, 0.1) is 17.5 Å². The number of rotatable bonds is 8. The van der Waals surface area contributed by atoms with Gasteiger partial charge >= 0.3 is 0 Å². The Morgan fingerprint density at radius 1 is 1.03 bits per heavy atom. The molecule has 0 spiro atoms. The van der Waals surface area contributed by atoms with Crippen LogP contribution < -0.4 is 10.9 Å². The summed E-state index contributed by atoms with van der Waals surface area (Å²) in [5, 5.41) is 9.15. The van der Waals surface area contributed by atoms with Crippen molar-refractivity contribution in [1.82, 2.24) is 20.4 Å². The first kappa shape index (κ1) is 26.1. The number of benzene rings is 2. The molecular formula is C27H27F3N4O3. The molecule has 0 radical (unpaired) electrons. The normalized spacial score (nSPS) is 12.6. The van der Waals surface area contributed by atoms with Crippen LogP contribution in [0.4, 0.5) is 13.2 Å². The van der Waals surface area contributed by atoms with Crippen molar-refractivity contribution in [2.24, 2.45) is 0 Å². The van der Waals surface area contributed by atoms with Crippen molar-refractivity contribution >= 4 is 11.8 Å². The number of hydrogen-bond acceptors (Lipinski definition) is 4. The lowest BCUT2D eigenvalue weighted by Gasteiger charge is -2.22. The topological polar surface area (TPSA) is 95.2 Å². The molecule has 0 atom stereocenters. The minimum Gasteiger partial charge on any atom is -0.350 e. The summed E-state index contributed by atoms with van der Waals surface area (Å²) in [5.41, 5.74) is 2.01. The van der Waals surface area contributed by atoms with Crippen LogP contribution >= 0.6 is 0 Å². The molecule has 2 N–H and O–H groups in total. The van der Waals surface area contributed by atoms with Gasteiger partial charge in [-0.25, -0.2) is 18.3 Å². The van der Waals surface area contributed by atoms with E-state index in [2.05, 4.69) is 15.5 Å². The number of halogens is 3. The number of hydrogen-bond donors (Lipinski definition) is 2. The molecule has 0 saturated carbocycles. The van der Waals surface area contributed by atoms with Crippen LogP contribution in [0.1, 0.15) is 62.9 Å². The Balaban J connectivity index is 1.46. The highest BCUT2D eigenvalue weighted by Gasteiger charge is 2.22. The number of amides is 2. The third kappa shape index (κ3) is 5.73. The largest absolute Gasteiger partial charge is 0.350 e. The maximum absolute atomic E-state index is 14.7. The van der Waals surface area contributed by atoms with Gasteiger partial charge in [-0.2, -0.15) is 5.10 Å². The third-order valence-electron chi connectivity index (χ3n) is 6.54. The van der Waals surface area contributed by atoms with Gasteiger partial charge in [0.1, 0.15) is 23.0 Å². The standard InChI is InChI=1S/C27H27F3N4O3/c1-2-34(13-12-31-26(36)24-21(29)8-5-9-22(24)30)27(37)19-14-16(10-11-20(19)28)15-23-17-6-3-4-7-18(17)25(35)33-32-23/h5,8-11,14H,2-4,6-7,12-13,15H2,1H3,(H,31,36)(H,33,35). The van der Waals surface area contributed by atoms with Gasteiger partial charge in [0.05, 0.1) is 11.3 Å². The maximum atomic E-state index is 14.7. The Morgan fingerprint density at radius 3 is 2.43 bits per heavy atom. The van der Waals surface area contributed by atoms with Crippen molar-refractivity contribution in [3.8, 4) is 0 Å². The lowest BCUT2D eigenvalue weighted by Crippen LogP contribution is -2.39. The molecule has 2 amide bonds.